The fraction of sp³-hybridized carbons (Fsp3) is 0.200. The molecule has 1 rings (SSSR count). The van der Waals surface area contributed by atoms with Gasteiger partial charge in [-0.1, -0.05) is 12.1 Å². The van der Waals surface area contributed by atoms with E-state index in [1.54, 1.807) is 0 Å². The molecule has 0 atom stereocenters. The number of rotatable bonds is 5. The van der Waals surface area contributed by atoms with E-state index in [0.29, 0.717) is 5.56 Å². The summed E-state index contributed by atoms with van der Waals surface area (Å²) in [6.07, 6.45) is -0.331. The van der Waals surface area contributed by atoms with Crippen LogP contribution in [0.5, 0.6) is 0 Å². The maximum Gasteiger partial charge on any atom is 2.00 e. The number of non-ortho nitro benzene ring substituents is 1. The molecule has 0 heterocycles. The van der Waals surface area contributed by atoms with Gasteiger partial charge >= 0.3 is 23.1 Å². The van der Waals surface area contributed by atoms with Gasteiger partial charge in [-0.25, -0.2) is 0 Å². The topological polar surface area (TPSA) is 249 Å². The molecule has 1 aromatic carbocycles. The Kier molecular flexibility index (Phi) is 20.7. The van der Waals surface area contributed by atoms with E-state index in [2.05, 4.69) is 0 Å². The fourth-order valence-corrected chi connectivity index (χ4v) is 1.25. The van der Waals surface area contributed by atoms with Crippen LogP contribution in [0, 0.1) is 16.0 Å². The van der Waals surface area contributed by atoms with Crippen molar-refractivity contribution in [1.82, 2.24) is 0 Å². The summed E-state index contributed by atoms with van der Waals surface area (Å²) in [5, 5.41) is 31.3. The molecular formula is C10H15MgNO10. The Bertz CT molecular complexity index is 449. The van der Waals surface area contributed by atoms with Crippen molar-refractivity contribution >= 4 is 40.7 Å². The fourth-order valence-electron chi connectivity index (χ4n) is 1.25. The molecule has 0 aromatic heterocycles. The minimum Gasteiger partial charge on any atom is -0.549 e. The molecule has 0 saturated heterocycles. The number of nitrogens with zero attached hydrogens (tertiary/aromatic N) is 1. The van der Waals surface area contributed by atoms with Crippen LogP contribution in [-0.2, 0) is 16.0 Å². The van der Waals surface area contributed by atoms with E-state index in [1.165, 1.54) is 12.1 Å². The summed E-state index contributed by atoms with van der Waals surface area (Å²) in [6.45, 7) is 0. The second-order valence-corrected chi connectivity index (χ2v) is 3.32. The van der Waals surface area contributed by atoms with Crippen molar-refractivity contribution in [3.63, 3.8) is 0 Å². The van der Waals surface area contributed by atoms with Crippen LogP contribution in [0.25, 0.3) is 0 Å². The molecule has 0 fully saturated rings. The van der Waals surface area contributed by atoms with Crippen molar-refractivity contribution in [3.8, 4) is 0 Å². The summed E-state index contributed by atoms with van der Waals surface area (Å²) in [5.41, 5.74) is 0.182. The third-order valence-electron chi connectivity index (χ3n) is 2.16. The Morgan fingerprint density at radius 2 is 1.32 bits per heavy atom. The van der Waals surface area contributed by atoms with Gasteiger partial charge in [-0.15, -0.1) is 0 Å². The quantitative estimate of drug-likeness (QED) is 0.219. The van der Waals surface area contributed by atoms with Crippen molar-refractivity contribution in [1.29, 1.82) is 0 Å². The average Bonchev–Trinajstić information content (AvgIpc) is 2.25. The van der Waals surface area contributed by atoms with Crippen molar-refractivity contribution in [2.24, 2.45) is 5.92 Å². The Hall–Kier alpha value is -1.83. The minimum absolute atomic E-state index is 0. The third-order valence-corrected chi connectivity index (χ3v) is 2.16. The van der Waals surface area contributed by atoms with E-state index in [4.69, 9.17) is 0 Å². The maximum absolute atomic E-state index is 10.5. The molecule has 0 aliphatic carbocycles. The van der Waals surface area contributed by atoms with Crippen molar-refractivity contribution in [3.05, 3.63) is 39.9 Å². The molecule has 1 aromatic rings. The molecule has 0 unspecified atom stereocenters. The van der Waals surface area contributed by atoms with E-state index in [0.717, 1.165) is 12.1 Å². The predicted octanol–water partition coefficient (Wildman–Crippen LogP) is -5.43. The summed E-state index contributed by atoms with van der Waals surface area (Å²) in [7, 11) is 0. The molecule has 0 radical (unpaired) electrons. The van der Waals surface area contributed by atoms with Gasteiger partial charge in [0.25, 0.3) is 5.69 Å². The number of nitro groups is 1. The normalized spacial score (nSPS) is 7.86. The second kappa shape index (κ2) is 14.1. The Morgan fingerprint density at radius 1 is 0.955 bits per heavy atom. The van der Waals surface area contributed by atoms with Gasteiger partial charge in [0, 0.05) is 18.1 Å². The van der Waals surface area contributed by atoms with E-state index >= 15 is 0 Å². The first-order valence-electron chi connectivity index (χ1n) is 4.57. The molecule has 0 bridgehead atoms. The van der Waals surface area contributed by atoms with Gasteiger partial charge in [-0.2, -0.15) is 0 Å². The summed E-state index contributed by atoms with van der Waals surface area (Å²) in [6, 6.07) is 4.90. The van der Waals surface area contributed by atoms with Gasteiger partial charge in [0.1, 0.15) is 0 Å². The van der Waals surface area contributed by atoms with E-state index in [9.17, 15) is 29.9 Å². The smallest absolute Gasteiger partial charge is 0.549 e. The molecule has 0 spiro atoms. The zero-order valence-electron chi connectivity index (χ0n) is 11.2. The number of aliphatic carboxylic acids is 2. The first-order valence-corrected chi connectivity index (χ1v) is 4.57. The summed E-state index contributed by atoms with van der Waals surface area (Å²) in [5.74, 6) is -5.26. The van der Waals surface area contributed by atoms with Crippen LogP contribution in [0.2, 0.25) is 0 Å². The molecule has 22 heavy (non-hydrogen) atoms. The van der Waals surface area contributed by atoms with Gasteiger partial charge in [0.05, 0.1) is 16.9 Å². The molecule has 8 N–H and O–H groups in total. The largest absolute Gasteiger partial charge is 2.00 e. The SMILES string of the molecule is O.O.O.O.O=C([O-])C(Cc1ccc([N+](=O)[O-])cc1)C(=O)[O-].[Mg+2]. The number of carboxylic acid groups (broad SMARTS) is 2. The maximum atomic E-state index is 10.5. The number of nitro benzene ring substituents is 1. The monoisotopic (exact) mass is 333 g/mol. The molecule has 0 saturated carbocycles. The number of carboxylic acids is 2. The molecular weight excluding hydrogens is 318 g/mol. The van der Waals surface area contributed by atoms with Gasteiger partial charge in [-0.3, -0.25) is 10.1 Å². The van der Waals surface area contributed by atoms with E-state index < -0.39 is 22.8 Å². The zero-order chi connectivity index (χ0) is 13.0. The Morgan fingerprint density at radius 3 is 1.59 bits per heavy atom. The number of hydrogen-bond donors (Lipinski definition) is 0. The van der Waals surface area contributed by atoms with Crippen LogP contribution in [0.1, 0.15) is 5.56 Å². The summed E-state index contributed by atoms with van der Waals surface area (Å²) < 4.78 is 0. The molecule has 0 aliphatic rings. The third kappa shape index (κ3) is 9.17. The first kappa shape index (κ1) is 32.2. The van der Waals surface area contributed by atoms with Crippen molar-refractivity contribution in [2.45, 2.75) is 6.42 Å². The van der Waals surface area contributed by atoms with Crippen molar-refractivity contribution < 1.29 is 46.6 Å². The Labute approximate surface area is 140 Å². The molecule has 12 heteroatoms. The molecule has 0 amide bonds. The number of benzene rings is 1. The standard InChI is InChI=1S/C10H9NO6.Mg.4H2O/c12-9(13)8(10(14)15)5-6-1-3-7(4-2-6)11(16)17;;;;;/h1-4,8H,5H2,(H,12,13)(H,14,15);;4*1H2/q;+2;;;;/p-2. The molecule has 122 valence electrons. The van der Waals surface area contributed by atoms with Crippen LogP contribution < -0.4 is 10.2 Å². The number of carbonyl (C=O) groups is 2. The van der Waals surface area contributed by atoms with Gasteiger partial charge in [0.15, 0.2) is 0 Å². The van der Waals surface area contributed by atoms with Crippen LogP contribution in [0.3, 0.4) is 0 Å². The summed E-state index contributed by atoms with van der Waals surface area (Å²) in [4.78, 5) is 30.7. The van der Waals surface area contributed by atoms with Crippen LogP contribution in [-0.4, -0.2) is 61.8 Å². The molecule has 0 aliphatic heterocycles. The van der Waals surface area contributed by atoms with Crippen molar-refractivity contribution in [2.75, 3.05) is 0 Å². The summed E-state index contributed by atoms with van der Waals surface area (Å²) >= 11 is 0. The average molecular weight is 334 g/mol. The first-order chi connectivity index (χ1) is 7.91. The van der Waals surface area contributed by atoms with Gasteiger partial charge < -0.3 is 41.7 Å². The van der Waals surface area contributed by atoms with E-state index in [-0.39, 0.29) is 57.1 Å². The Balaban J connectivity index is -0.000000193. The second-order valence-electron chi connectivity index (χ2n) is 3.32. The minimum atomic E-state index is -1.77. The predicted molar refractivity (Wildman–Crippen MR) is 70.5 cm³/mol. The van der Waals surface area contributed by atoms with Gasteiger partial charge in [-0.05, 0) is 12.0 Å². The van der Waals surface area contributed by atoms with E-state index in [1.807, 2.05) is 0 Å². The van der Waals surface area contributed by atoms with Gasteiger partial charge in [0.2, 0.25) is 0 Å². The zero-order valence-corrected chi connectivity index (χ0v) is 12.6. The van der Waals surface area contributed by atoms with Crippen LogP contribution >= 0.6 is 0 Å². The molecule has 11 nitrogen and oxygen atoms in total. The van der Waals surface area contributed by atoms with Crippen LogP contribution in [0.15, 0.2) is 24.3 Å². The number of carbonyl (C=O) groups excluding carboxylic acids is 2. The van der Waals surface area contributed by atoms with Crippen LogP contribution in [0.4, 0.5) is 5.69 Å². The number of hydrogen-bond acceptors (Lipinski definition) is 6.